The summed E-state index contributed by atoms with van der Waals surface area (Å²) in [7, 11) is 0. The van der Waals surface area contributed by atoms with E-state index in [1.165, 1.54) is 41.5 Å². The normalized spacial score (nSPS) is 17.8. The molecule has 10 nitrogen and oxygen atoms in total. The second-order valence-corrected chi connectivity index (χ2v) is 9.34. The molecule has 1 aliphatic rings. The van der Waals surface area contributed by atoms with Crippen molar-refractivity contribution in [2.24, 2.45) is 10.8 Å². The molecule has 36 heavy (non-hydrogen) atoms. The Morgan fingerprint density at radius 1 is 0.778 bits per heavy atom. The molecular weight excluding hydrogens is 514 g/mol. The molecule has 1 aliphatic heterocycles. The molecular formula is C20H22F6O10. The Labute approximate surface area is 199 Å². The quantitative estimate of drug-likeness (QED) is 0.284. The molecule has 0 aliphatic carbocycles. The minimum atomic E-state index is -5.72. The van der Waals surface area contributed by atoms with Gasteiger partial charge in [0.05, 0.1) is 10.8 Å². The molecule has 204 valence electrons. The third-order valence-corrected chi connectivity index (χ3v) is 3.96. The molecule has 0 bridgehead atoms. The fourth-order valence-corrected chi connectivity index (χ4v) is 2.07. The molecule has 0 saturated carbocycles. The lowest BCUT2D eigenvalue weighted by Crippen LogP contribution is -2.42. The molecule has 1 heterocycles. The summed E-state index contributed by atoms with van der Waals surface area (Å²) in [6.45, 7) is 7.23. The smallest absolute Gasteiger partial charge is 0.461 e. The van der Waals surface area contributed by atoms with Crippen molar-refractivity contribution in [3.63, 3.8) is 0 Å². The topological polar surface area (TPSA) is 132 Å². The van der Waals surface area contributed by atoms with E-state index in [0.29, 0.717) is 0 Å². The number of cyclic esters (lactones) is 1. The first-order valence-corrected chi connectivity index (χ1v) is 9.87. The van der Waals surface area contributed by atoms with Gasteiger partial charge in [0, 0.05) is 0 Å². The number of rotatable bonds is 6. The molecule has 16 heteroatoms. The molecule has 0 fully saturated rings. The molecule has 0 amide bonds. The summed E-state index contributed by atoms with van der Waals surface area (Å²) in [4.78, 5) is 59.2. The molecule has 1 rings (SSSR count). The van der Waals surface area contributed by atoms with Gasteiger partial charge in [0.15, 0.2) is 6.10 Å². The van der Waals surface area contributed by atoms with Gasteiger partial charge in [0.1, 0.15) is 6.61 Å². The lowest BCUT2D eigenvalue weighted by molar-refractivity contribution is -0.200. The van der Waals surface area contributed by atoms with Crippen LogP contribution in [0.5, 0.6) is 0 Å². The van der Waals surface area contributed by atoms with Gasteiger partial charge in [-0.15, -0.1) is 0 Å². The molecule has 0 aromatic heterocycles. The maximum absolute atomic E-state index is 12.8. The standard InChI is InChI=1S/C20H22F6O10/c1-17(2,3)13(28)32-7-8(33-14(29)18(4,5)6)9-10(35-15(30)19(21,22)23)11(12(27)34-9)36-16(31)20(24,25)26/h8-9H,7H2,1-6H3. The Balaban J connectivity index is 3.55. The summed E-state index contributed by atoms with van der Waals surface area (Å²) >= 11 is 0. The van der Waals surface area contributed by atoms with Gasteiger partial charge in [0.25, 0.3) is 5.76 Å². The summed E-state index contributed by atoms with van der Waals surface area (Å²) in [5.74, 6) is -13.6. The molecule has 2 atom stereocenters. The van der Waals surface area contributed by atoms with E-state index < -0.39 is 83.4 Å². The van der Waals surface area contributed by atoms with E-state index in [4.69, 9.17) is 9.47 Å². The highest BCUT2D eigenvalue weighted by atomic mass is 19.4. The largest absolute Gasteiger partial charge is 0.491 e. The zero-order valence-electron chi connectivity index (χ0n) is 19.7. The fourth-order valence-electron chi connectivity index (χ4n) is 2.07. The van der Waals surface area contributed by atoms with Crippen LogP contribution in [0, 0.1) is 10.8 Å². The van der Waals surface area contributed by atoms with Gasteiger partial charge in [0.2, 0.25) is 11.9 Å². The summed E-state index contributed by atoms with van der Waals surface area (Å²) in [6.07, 6.45) is -15.9. The molecule has 2 unspecified atom stereocenters. The Bertz CT molecular complexity index is 950. The predicted molar refractivity (Wildman–Crippen MR) is 101 cm³/mol. The second-order valence-electron chi connectivity index (χ2n) is 9.34. The van der Waals surface area contributed by atoms with Crippen LogP contribution in [0.4, 0.5) is 26.3 Å². The molecule has 0 spiro atoms. The predicted octanol–water partition coefficient (Wildman–Crippen LogP) is 2.88. The van der Waals surface area contributed by atoms with Crippen molar-refractivity contribution in [1.29, 1.82) is 0 Å². The SMILES string of the molecule is CC(C)(C)C(=O)OCC(OC(=O)C(C)(C)C)C1OC(=O)C(OC(=O)C(F)(F)F)=C1OC(=O)C(F)(F)F. The number of halogens is 6. The minimum Gasteiger partial charge on any atom is -0.461 e. The maximum Gasteiger partial charge on any atom is 0.491 e. The highest BCUT2D eigenvalue weighted by Crippen LogP contribution is 2.33. The van der Waals surface area contributed by atoms with Gasteiger partial charge in [-0.2, -0.15) is 26.3 Å². The van der Waals surface area contributed by atoms with Gasteiger partial charge in [-0.05, 0) is 41.5 Å². The summed E-state index contributed by atoms with van der Waals surface area (Å²) < 4.78 is 98.7. The summed E-state index contributed by atoms with van der Waals surface area (Å²) in [6, 6.07) is 0. The fraction of sp³-hybridized carbons (Fsp3) is 0.650. The van der Waals surface area contributed by atoms with Crippen LogP contribution in [-0.2, 0) is 47.7 Å². The third-order valence-electron chi connectivity index (χ3n) is 3.96. The van der Waals surface area contributed by atoms with Crippen LogP contribution < -0.4 is 0 Å². The van der Waals surface area contributed by atoms with E-state index in [0.717, 1.165) is 0 Å². The van der Waals surface area contributed by atoms with Crippen LogP contribution in [-0.4, -0.2) is 61.0 Å². The Morgan fingerprint density at radius 2 is 1.22 bits per heavy atom. The van der Waals surface area contributed by atoms with Crippen molar-refractivity contribution >= 4 is 29.8 Å². The van der Waals surface area contributed by atoms with Crippen molar-refractivity contribution in [2.75, 3.05) is 6.61 Å². The number of alkyl halides is 6. The van der Waals surface area contributed by atoms with Gasteiger partial charge in [-0.3, -0.25) is 9.59 Å². The summed E-state index contributed by atoms with van der Waals surface area (Å²) in [5, 5.41) is 0. The maximum atomic E-state index is 12.8. The lowest BCUT2D eigenvalue weighted by atomic mass is 9.97. The Kier molecular flexibility index (Phi) is 8.82. The second kappa shape index (κ2) is 10.3. The first-order chi connectivity index (χ1) is 16.0. The van der Waals surface area contributed by atoms with E-state index in [9.17, 15) is 50.3 Å². The van der Waals surface area contributed by atoms with Gasteiger partial charge in [-0.25, -0.2) is 14.4 Å². The van der Waals surface area contributed by atoms with Crippen molar-refractivity contribution in [2.45, 2.75) is 66.1 Å². The number of carbonyl (C=O) groups is 5. The minimum absolute atomic E-state index is 0.926. The molecule has 0 saturated heterocycles. The Hall–Kier alpha value is -3.33. The van der Waals surface area contributed by atoms with Crippen LogP contribution in [0.15, 0.2) is 11.5 Å². The van der Waals surface area contributed by atoms with Crippen molar-refractivity contribution in [3.8, 4) is 0 Å². The van der Waals surface area contributed by atoms with Crippen molar-refractivity contribution in [3.05, 3.63) is 11.5 Å². The van der Waals surface area contributed by atoms with E-state index >= 15 is 0 Å². The average Bonchev–Trinajstić information content (AvgIpc) is 2.97. The van der Waals surface area contributed by atoms with Crippen LogP contribution in [0.25, 0.3) is 0 Å². The monoisotopic (exact) mass is 536 g/mol. The van der Waals surface area contributed by atoms with Gasteiger partial charge < -0.3 is 23.7 Å². The average molecular weight is 536 g/mol. The molecule has 0 radical (unpaired) electrons. The zero-order valence-corrected chi connectivity index (χ0v) is 19.7. The van der Waals surface area contributed by atoms with E-state index in [-0.39, 0.29) is 0 Å². The van der Waals surface area contributed by atoms with Crippen molar-refractivity contribution < 1.29 is 74.0 Å². The first kappa shape index (κ1) is 30.7. The van der Waals surface area contributed by atoms with E-state index in [1.807, 2.05) is 0 Å². The van der Waals surface area contributed by atoms with Gasteiger partial charge >= 0.3 is 42.2 Å². The van der Waals surface area contributed by atoms with Crippen LogP contribution in [0.3, 0.4) is 0 Å². The number of ether oxygens (including phenoxy) is 5. The van der Waals surface area contributed by atoms with E-state index in [1.54, 1.807) is 0 Å². The summed E-state index contributed by atoms with van der Waals surface area (Å²) in [5.41, 5.74) is -2.42. The van der Waals surface area contributed by atoms with Crippen LogP contribution in [0.1, 0.15) is 41.5 Å². The third kappa shape index (κ3) is 8.12. The van der Waals surface area contributed by atoms with E-state index in [2.05, 4.69) is 14.2 Å². The number of hydrogen-bond acceptors (Lipinski definition) is 10. The molecule has 0 aromatic rings. The zero-order chi connectivity index (χ0) is 28.4. The molecule has 0 aromatic carbocycles. The number of carbonyl (C=O) groups excluding carboxylic acids is 5. The lowest BCUT2D eigenvalue weighted by Gasteiger charge is -2.28. The first-order valence-electron chi connectivity index (χ1n) is 9.87. The highest BCUT2D eigenvalue weighted by molar-refractivity contribution is 5.94. The van der Waals surface area contributed by atoms with Crippen molar-refractivity contribution in [1.82, 2.24) is 0 Å². The van der Waals surface area contributed by atoms with Crippen LogP contribution >= 0.6 is 0 Å². The number of esters is 5. The molecule has 0 N–H and O–H groups in total. The number of hydrogen-bond donors (Lipinski definition) is 0. The highest BCUT2D eigenvalue weighted by Gasteiger charge is 2.53. The van der Waals surface area contributed by atoms with Crippen LogP contribution in [0.2, 0.25) is 0 Å². The van der Waals surface area contributed by atoms with Gasteiger partial charge in [-0.1, -0.05) is 0 Å². The Morgan fingerprint density at radius 3 is 1.64 bits per heavy atom.